The van der Waals surface area contributed by atoms with Crippen LogP contribution in [0.1, 0.15) is 53.4 Å². The Morgan fingerprint density at radius 2 is 0.606 bits per heavy atom. The average molecular weight is 492 g/mol. The number of ether oxygens (including phenoxy) is 4. The van der Waals surface area contributed by atoms with Crippen molar-refractivity contribution in [2.24, 2.45) is 0 Å². The molecular formula is C20H29O12P. The van der Waals surface area contributed by atoms with Gasteiger partial charge in [0.15, 0.2) is 0 Å². The monoisotopic (exact) mass is 492 g/mol. The van der Waals surface area contributed by atoms with E-state index in [1.807, 2.05) is 0 Å². The van der Waals surface area contributed by atoms with Crippen LogP contribution in [-0.4, -0.2) is 72.4 Å². The van der Waals surface area contributed by atoms with Crippen molar-refractivity contribution < 1.29 is 57.3 Å². The van der Waals surface area contributed by atoms with Crippen molar-refractivity contribution in [3.8, 4) is 0 Å². The zero-order valence-electron chi connectivity index (χ0n) is 19.1. The van der Waals surface area contributed by atoms with Gasteiger partial charge in [-0.25, -0.2) is 0 Å². The molecule has 186 valence electrons. The van der Waals surface area contributed by atoms with Crippen LogP contribution in [0.4, 0.5) is 0 Å². The molecule has 0 atom stereocenters. The van der Waals surface area contributed by atoms with Crippen molar-refractivity contribution in [3.63, 3.8) is 0 Å². The van der Waals surface area contributed by atoms with Gasteiger partial charge in [-0.05, 0) is 0 Å². The summed E-state index contributed by atoms with van der Waals surface area (Å²) in [5.74, 6) is -5.50. The molecule has 0 aromatic heterocycles. The zero-order valence-corrected chi connectivity index (χ0v) is 20.1. The molecule has 0 saturated carbocycles. The molecule has 0 spiro atoms. The summed E-state index contributed by atoms with van der Waals surface area (Å²) in [4.78, 5) is 92.0. The van der Waals surface area contributed by atoms with E-state index in [-0.39, 0.29) is 0 Å². The van der Waals surface area contributed by atoms with Crippen LogP contribution in [0.5, 0.6) is 0 Å². The van der Waals surface area contributed by atoms with Gasteiger partial charge in [-0.3, -0.25) is 0 Å². The van der Waals surface area contributed by atoms with Crippen molar-refractivity contribution >= 4 is 54.3 Å². The topological polar surface area (TPSA) is 173 Å². The summed E-state index contributed by atoms with van der Waals surface area (Å²) in [6.07, 6.45) is -4.07. The first-order chi connectivity index (χ1) is 15.2. The van der Waals surface area contributed by atoms with E-state index in [1.165, 1.54) is 27.7 Å². The molecule has 0 rings (SSSR count). The molecule has 0 aromatic carbocycles. The molecule has 13 heteroatoms. The molecule has 0 aliphatic carbocycles. The number of esters is 4. The van der Waals surface area contributed by atoms with Crippen LogP contribution in [-0.2, 0) is 57.3 Å². The summed E-state index contributed by atoms with van der Waals surface area (Å²) in [6.45, 7) is 4.68. The van der Waals surface area contributed by atoms with Gasteiger partial charge in [-0.2, -0.15) is 0 Å². The molecule has 0 radical (unpaired) electrons. The van der Waals surface area contributed by atoms with Crippen molar-refractivity contribution in [2.75, 3.05) is 25.4 Å². The minimum atomic E-state index is -3.47. The van der Waals surface area contributed by atoms with Crippen molar-refractivity contribution in [1.82, 2.24) is 0 Å². The van der Waals surface area contributed by atoms with Gasteiger partial charge in [0.1, 0.15) is 0 Å². The molecule has 0 amide bonds. The van der Waals surface area contributed by atoms with Gasteiger partial charge < -0.3 is 0 Å². The molecule has 0 aromatic rings. The second-order valence-electron chi connectivity index (χ2n) is 7.66. The van der Waals surface area contributed by atoms with Gasteiger partial charge in [0, 0.05) is 0 Å². The van der Waals surface area contributed by atoms with Gasteiger partial charge in [0.05, 0.1) is 0 Å². The van der Waals surface area contributed by atoms with Gasteiger partial charge in [0.2, 0.25) is 0 Å². The molecule has 0 N–H and O–H groups in total. The standard InChI is InChI=1S/C20H29O12P/c1-13(21)5-17(25)29-9-33(10-30-18(26)6-14(2)22,11-31-19(27)7-15(3)23)12-32-20(28)8-16(4)24/h33H,5-12H2,1-4H3. The van der Waals surface area contributed by atoms with Gasteiger partial charge in [-0.1, -0.05) is 0 Å². The van der Waals surface area contributed by atoms with Crippen LogP contribution in [0.2, 0.25) is 0 Å². The third-order valence-corrected chi connectivity index (χ3v) is 6.76. The first-order valence-electron chi connectivity index (χ1n) is 9.85. The Labute approximate surface area is 191 Å². The van der Waals surface area contributed by atoms with Crippen molar-refractivity contribution in [2.45, 2.75) is 53.4 Å². The molecule has 0 saturated heterocycles. The van der Waals surface area contributed by atoms with E-state index in [9.17, 15) is 38.4 Å². The number of hydrogen-bond donors (Lipinski definition) is 0. The van der Waals surface area contributed by atoms with Gasteiger partial charge >= 0.3 is 190 Å². The normalized spacial score (nSPS) is 11.0. The number of Topliss-reactive ketones (excluding diaryl/α,β-unsaturated/α-hetero) is 4. The molecule has 0 aliphatic rings. The van der Waals surface area contributed by atoms with E-state index in [0.29, 0.717) is 0 Å². The Morgan fingerprint density at radius 1 is 0.424 bits per heavy atom. The third-order valence-electron chi connectivity index (χ3n) is 3.73. The van der Waals surface area contributed by atoms with E-state index < -0.39 is 105 Å². The van der Waals surface area contributed by atoms with E-state index in [4.69, 9.17) is 18.9 Å². The second kappa shape index (κ2) is 14.9. The van der Waals surface area contributed by atoms with E-state index in [2.05, 4.69) is 0 Å². The van der Waals surface area contributed by atoms with E-state index in [0.717, 1.165) is 0 Å². The Hall–Kier alpha value is -3.01. The summed E-state index contributed by atoms with van der Waals surface area (Å²) in [6, 6.07) is 0. The Kier molecular flexibility index (Phi) is 13.6. The van der Waals surface area contributed by atoms with Crippen molar-refractivity contribution in [3.05, 3.63) is 0 Å². The van der Waals surface area contributed by atoms with Gasteiger partial charge in [-0.15, -0.1) is 0 Å². The Balaban J connectivity index is 5.68. The molecule has 0 aliphatic heterocycles. The average Bonchev–Trinajstić information content (AvgIpc) is 2.64. The number of ketones is 4. The fourth-order valence-corrected chi connectivity index (χ4v) is 4.57. The molecule has 0 unspecified atom stereocenters. The van der Waals surface area contributed by atoms with Crippen LogP contribution in [0.15, 0.2) is 0 Å². The van der Waals surface area contributed by atoms with Crippen LogP contribution in [0.25, 0.3) is 0 Å². The number of rotatable bonds is 16. The Bertz CT molecular complexity index is 667. The maximum absolute atomic E-state index is 11.9. The van der Waals surface area contributed by atoms with Crippen LogP contribution < -0.4 is 0 Å². The van der Waals surface area contributed by atoms with E-state index >= 15 is 0 Å². The fraction of sp³-hybridized carbons (Fsp3) is 0.600. The predicted molar refractivity (Wildman–Crippen MR) is 113 cm³/mol. The third kappa shape index (κ3) is 15.4. The molecular weight excluding hydrogens is 463 g/mol. The number of hydrogen-bond acceptors (Lipinski definition) is 12. The van der Waals surface area contributed by atoms with Crippen LogP contribution in [0, 0.1) is 0 Å². The summed E-state index contributed by atoms with van der Waals surface area (Å²) in [5, 5.41) is 0. The molecule has 12 nitrogen and oxygen atoms in total. The summed E-state index contributed by atoms with van der Waals surface area (Å²) >= 11 is 0. The summed E-state index contributed by atoms with van der Waals surface area (Å²) in [7, 11) is -3.47. The van der Waals surface area contributed by atoms with E-state index in [1.54, 1.807) is 0 Å². The first kappa shape index (κ1) is 30.0. The summed E-state index contributed by atoms with van der Waals surface area (Å²) in [5.41, 5.74) is 0. The maximum atomic E-state index is 11.9. The first-order valence-corrected chi connectivity index (χ1v) is 12.7. The van der Waals surface area contributed by atoms with Gasteiger partial charge in [0.25, 0.3) is 0 Å². The van der Waals surface area contributed by atoms with Crippen LogP contribution in [0.3, 0.4) is 0 Å². The quantitative estimate of drug-likeness (QED) is 0.128. The number of carbonyl (C=O) groups is 8. The SMILES string of the molecule is CC(=O)CC(=O)OC[PH](COC(=O)CC(C)=O)(COC(=O)CC(C)=O)COC(=O)CC(C)=O. The second-order valence-corrected chi connectivity index (χ2v) is 11.8. The Morgan fingerprint density at radius 3 is 0.758 bits per heavy atom. The molecule has 0 fully saturated rings. The molecule has 0 bridgehead atoms. The zero-order chi connectivity index (χ0) is 25.6. The predicted octanol–water partition coefficient (Wildman–Crippen LogP) is 0.655. The summed E-state index contributed by atoms with van der Waals surface area (Å²) < 4.78 is 20.3. The number of carbonyl (C=O) groups excluding carboxylic acids is 8. The molecule has 33 heavy (non-hydrogen) atoms. The minimum absolute atomic E-state index is 0.471. The molecule has 0 heterocycles. The fourth-order valence-electron chi connectivity index (χ4n) is 2.20. The van der Waals surface area contributed by atoms with Crippen molar-refractivity contribution in [1.29, 1.82) is 0 Å². The van der Waals surface area contributed by atoms with Crippen LogP contribution >= 0.6 is 7.26 Å².